The van der Waals surface area contributed by atoms with Gasteiger partial charge in [-0.2, -0.15) is 0 Å². The minimum absolute atomic E-state index is 0.0312. The van der Waals surface area contributed by atoms with Crippen LogP contribution in [0, 0.1) is 5.82 Å². The number of para-hydroxylation sites is 1. The lowest BCUT2D eigenvalue weighted by atomic mass is 9.85. The Labute approximate surface area is 112 Å². The highest BCUT2D eigenvalue weighted by Crippen LogP contribution is 2.36. The Morgan fingerprint density at radius 1 is 1.16 bits per heavy atom. The summed E-state index contributed by atoms with van der Waals surface area (Å²) in [5, 5.41) is 0. The van der Waals surface area contributed by atoms with Gasteiger partial charge >= 0.3 is 0 Å². The highest BCUT2D eigenvalue weighted by atomic mass is 19.1. The monoisotopic (exact) mass is 266 g/mol. The summed E-state index contributed by atoms with van der Waals surface area (Å²) in [4.78, 5) is 0. The third-order valence-electron chi connectivity index (χ3n) is 3.98. The summed E-state index contributed by atoms with van der Waals surface area (Å²) in [6, 6.07) is 6.58. The van der Waals surface area contributed by atoms with Crippen LogP contribution < -0.4 is 4.74 Å². The molecule has 1 aromatic rings. The van der Waals surface area contributed by atoms with Gasteiger partial charge in [0.2, 0.25) is 0 Å². The standard InChI is InChI=1S/C15H19FO3/c16-13-3-1-2-4-14(13)19-12-5-8-18-15(11-12)6-9-17-10-7-15/h1-4,12H,5-11H2. The maximum Gasteiger partial charge on any atom is 0.165 e. The molecule has 0 saturated carbocycles. The predicted octanol–water partition coefficient (Wildman–Crippen LogP) is 2.93. The van der Waals surface area contributed by atoms with E-state index >= 15 is 0 Å². The second-order valence-electron chi connectivity index (χ2n) is 5.31. The molecule has 19 heavy (non-hydrogen) atoms. The van der Waals surface area contributed by atoms with Crippen LogP contribution in [0.1, 0.15) is 25.7 Å². The Morgan fingerprint density at radius 3 is 2.74 bits per heavy atom. The van der Waals surface area contributed by atoms with E-state index in [-0.39, 0.29) is 17.5 Å². The third kappa shape index (κ3) is 2.90. The fourth-order valence-corrected chi connectivity index (χ4v) is 2.90. The Hall–Kier alpha value is -1.13. The van der Waals surface area contributed by atoms with Crippen LogP contribution in [0.3, 0.4) is 0 Å². The van der Waals surface area contributed by atoms with E-state index in [2.05, 4.69) is 0 Å². The summed E-state index contributed by atoms with van der Waals surface area (Å²) in [5.74, 6) is 0.0478. The molecule has 2 aliphatic rings. The normalized spacial score (nSPS) is 26.3. The van der Waals surface area contributed by atoms with E-state index in [1.165, 1.54) is 6.07 Å². The molecule has 0 radical (unpaired) electrons. The van der Waals surface area contributed by atoms with Crippen molar-refractivity contribution in [1.29, 1.82) is 0 Å². The predicted molar refractivity (Wildman–Crippen MR) is 68.8 cm³/mol. The molecule has 0 amide bonds. The summed E-state index contributed by atoms with van der Waals surface area (Å²) in [6.45, 7) is 2.16. The van der Waals surface area contributed by atoms with Crippen LogP contribution in [0.25, 0.3) is 0 Å². The van der Waals surface area contributed by atoms with Gasteiger partial charge in [0, 0.05) is 26.1 Å². The number of ether oxygens (including phenoxy) is 3. The van der Waals surface area contributed by atoms with Gasteiger partial charge in [-0.25, -0.2) is 4.39 Å². The first kappa shape index (κ1) is 12.9. The zero-order valence-corrected chi connectivity index (χ0v) is 10.9. The van der Waals surface area contributed by atoms with Gasteiger partial charge in [-0.3, -0.25) is 0 Å². The minimum Gasteiger partial charge on any atom is -0.487 e. The van der Waals surface area contributed by atoms with E-state index in [4.69, 9.17) is 14.2 Å². The fraction of sp³-hybridized carbons (Fsp3) is 0.600. The third-order valence-corrected chi connectivity index (χ3v) is 3.98. The highest BCUT2D eigenvalue weighted by Gasteiger charge is 2.40. The van der Waals surface area contributed by atoms with E-state index in [1.807, 2.05) is 0 Å². The highest BCUT2D eigenvalue weighted by molar-refractivity contribution is 5.24. The van der Waals surface area contributed by atoms with E-state index < -0.39 is 0 Å². The molecule has 0 bridgehead atoms. The zero-order chi connectivity index (χ0) is 13.1. The first-order valence-corrected chi connectivity index (χ1v) is 6.90. The summed E-state index contributed by atoms with van der Waals surface area (Å²) in [5.41, 5.74) is -0.119. The van der Waals surface area contributed by atoms with Crippen LogP contribution in [0.15, 0.2) is 24.3 Å². The Bertz CT molecular complexity index is 424. The molecule has 1 spiro atoms. The van der Waals surface area contributed by atoms with E-state index in [1.54, 1.807) is 18.2 Å². The molecule has 2 fully saturated rings. The van der Waals surface area contributed by atoms with Gasteiger partial charge in [0.1, 0.15) is 6.10 Å². The van der Waals surface area contributed by atoms with Crippen LogP contribution in [0.5, 0.6) is 5.75 Å². The molecule has 104 valence electrons. The van der Waals surface area contributed by atoms with Crippen LogP contribution in [-0.2, 0) is 9.47 Å². The zero-order valence-electron chi connectivity index (χ0n) is 10.9. The van der Waals surface area contributed by atoms with E-state index in [0.717, 1.165) is 38.9 Å². The average molecular weight is 266 g/mol. The molecule has 3 nitrogen and oxygen atoms in total. The Morgan fingerprint density at radius 2 is 1.95 bits per heavy atom. The molecule has 0 aliphatic carbocycles. The van der Waals surface area contributed by atoms with Gasteiger partial charge in [0.05, 0.1) is 12.2 Å². The maximum absolute atomic E-state index is 13.6. The van der Waals surface area contributed by atoms with Crippen molar-refractivity contribution < 1.29 is 18.6 Å². The van der Waals surface area contributed by atoms with Crippen LogP contribution in [0.2, 0.25) is 0 Å². The van der Waals surface area contributed by atoms with E-state index in [9.17, 15) is 4.39 Å². The van der Waals surface area contributed by atoms with Crippen molar-refractivity contribution in [2.24, 2.45) is 0 Å². The first-order chi connectivity index (χ1) is 9.27. The molecule has 2 heterocycles. The molecule has 2 aliphatic heterocycles. The summed E-state index contributed by atoms with van der Waals surface area (Å²) in [7, 11) is 0. The number of hydrogen-bond donors (Lipinski definition) is 0. The molecule has 2 saturated heterocycles. The van der Waals surface area contributed by atoms with Gasteiger partial charge in [-0.05, 0) is 25.0 Å². The minimum atomic E-state index is -0.296. The maximum atomic E-state index is 13.6. The van der Waals surface area contributed by atoms with Gasteiger partial charge in [-0.15, -0.1) is 0 Å². The molecule has 3 rings (SSSR count). The van der Waals surface area contributed by atoms with Crippen molar-refractivity contribution >= 4 is 0 Å². The second kappa shape index (κ2) is 5.47. The van der Waals surface area contributed by atoms with Crippen LogP contribution >= 0.6 is 0 Å². The smallest absolute Gasteiger partial charge is 0.165 e. The topological polar surface area (TPSA) is 27.7 Å². The van der Waals surface area contributed by atoms with Crippen molar-refractivity contribution in [2.75, 3.05) is 19.8 Å². The lowest BCUT2D eigenvalue weighted by Crippen LogP contribution is -2.47. The molecule has 4 heteroatoms. The average Bonchev–Trinajstić information content (AvgIpc) is 2.42. The van der Waals surface area contributed by atoms with Gasteiger partial charge in [0.25, 0.3) is 0 Å². The van der Waals surface area contributed by atoms with Gasteiger partial charge in [0.15, 0.2) is 11.6 Å². The molecular formula is C15H19FO3. The molecule has 1 atom stereocenters. The second-order valence-corrected chi connectivity index (χ2v) is 5.31. The molecule has 1 aromatic carbocycles. The number of halogens is 1. The van der Waals surface area contributed by atoms with Crippen molar-refractivity contribution in [2.45, 2.75) is 37.4 Å². The van der Waals surface area contributed by atoms with Gasteiger partial charge in [-0.1, -0.05) is 12.1 Å². The largest absolute Gasteiger partial charge is 0.487 e. The summed E-state index contributed by atoms with van der Waals surface area (Å²) < 4.78 is 30.8. The molecule has 0 aromatic heterocycles. The summed E-state index contributed by atoms with van der Waals surface area (Å²) >= 11 is 0. The molecule has 1 unspecified atom stereocenters. The Balaban J connectivity index is 1.67. The quantitative estimate of drug-likeness (QED) is 0.823. The lowest BCUT2D eigenvalue weighted by Gasteiger charge is -2.43. The number of rotatable bonds is 2. The number of benzene rings is 1. The van der Waals surface area contributed by atoms with Crippen LogP contribution in [0.4, 0.5) is 4.39 Å². The van der Waals surface area contributed by atoms with Crippen molar-refractivity contribution in [3.8, 4) is 5.75 Å². The van der Waals surface area contributed by atoms with Gasteiger partial charge < -0.3 is 14.2 Å². The fourth-order valence-electron chi connectivity index (χ4n) is 2.90. The van der Waals surface area contributed by atoms with Crippen molar-refractivity contribution in [3.05, 3.63) is 30.1 Å². The molecular weight excluding hydrogens is 247 g/mol. The van der Waals surface area contributed by atoms with Crippen LogP contribution in [-0.4, -0.2) is 31.5 Å². The number of hydrogen-bond acceptors (Lipinski definition) is 3. The van der Waals surface area contributed by atoms with Crippen molar-refractivity contribution in [1.82, 2.24) is 0 Å². The lowest BCUT2D eigenvalue weighted by molar-refractivity contribution is -0.155. The SMILES string of the molecule is Fc1ccccc1OC1CCOC2(CCOCC2)C1. The Kier molecular flexibility index (Phi) is 3.71. The molecule has 0 N–H and O–H groups in total. The first-order valence-electron chi connectivity index (χ1n) is 6.90. The van der Waals surface area contributed by atoms with Crippen molar-refractivity contribution in [3.63, 3.8) is 0 Å². The van der Waals surface area contributed by atoms with E-state index in [0.29, 0.717) is 12.4 Å². The summed E-state index contributed by atoms with van der Waals surface area (Å²) in [6.07, 6.45) is 3.49.